The molecule has 0 N–H and O–H groups in total. The largest absolute Gasteiger partial charge is 0.469 e. The molecule has 1 aromatic rings. The highest BCUT2D eigenvalue weighted by atomic mass is 79.9. The van der Waals surface area contributed by atoms with Crippen molar-refractivity contribution < 1.29 is 14.3 Å². The minimum Gasteiger partial charge on any atom is -0.469 e. The van der Waals surface area contributed by atoms with Gasteiger partial charge in [0.25, 0.3) is 0 Å². The minimum absolute atomic E-state index is 0.0857. The van der Waals surface area contributed by atoms with Crippen LogP contribution in [0.1, 0.15) is 19.8 Å². The molecule has 0 fully saturated rings. The number of amides is 1. The van der Waals surface area contributed by atoms with Crippen LogP contribution in [0.5, 0.6) is 0 Å². The number of carbonyl (C=O) groups excluding carboxylic acids is 2. The molecule has 0 aliphatic carbocycles. The second-order valence-electron chi connectivity index (χ2n) is 3.55. The van der Waals surface area contributed by atoms with Crippen LogP contribution in [0.4, 0.5) is 5.82 Å². The summed E-state index contributed by atoms with van der Waals surface area (Å²) in [5, 5.41) is 0. The van der Waals surface area contributed by atoms with E-state index >= 15 is 0 Å². The number of esters is 1. The van der Waals surface area contributed by atoms with E-state index in [9.17, 15) is 9.59 Å². The summed E-state index contributed by atoms with van der Waals surface area (Å²) in [4.78, 5) is 28.6. The molecule has 1 heterocycles. The highest BCUT2D eigenvalue weighted by Crippen LogP contribution is 2.15. The van der Waals surface area contributed by atoms with E-state index in [4.69, 9.17) is 0 Å². The summed E-state index contributed by atoms with van der Waals surface area (Å²) >= 11 is 3.29. The number of anilines is 1. The van der Waals surface area contributed by atoms with E-state index in [1.807, 2.05) is 13.0 Å². The van der Waals surface area contributed by atoms with Gasteiger partial charge in [-0.1, -0.05) is 0 Å². The van der Waals surface area contributed by atoms with E-state index in [2.05, 4.69) is 25.7 Å². The van der Waals surface area contributed by atoms with Gasteiger partial charge in [0.15, 0.2) is 0 Å². The van der Waals surface area contributed by atoms with Crippen LogP contribution in [0.25, 0.3) is 0 Å². The topological polar surface area (TPSA) is 59.5 Å². The van der Waals surface area contributed by atoms with E-state index < -0.39 is 0 Å². The van der Waals surface area contributed by atoms with Gasteiger partial charge in [0.2, 0.25) is 5.91 Å². The van der Waals surface area contributed by atoms with Gasteiger partial charge in [-0.2, -0.15) is 0 Å². The second kappa shape index (κ2) is 7.10. The minimum atomic E-state index is -0.386. The molecule has 0 aliphatic heterocycles. The maximum atomic E-state index is 11.9. The maximum Gasteiger partial charge on any atom is 0.306 e. The summed E-state index contributed by atoms with van der Waals surface area (Å²) in [5.41, 5.74) is 0. The monoisotopic (exact) mass is 314 g/mol. The van der Waals surface area contributed by atoms with Crippen molar-refractivity contribution in [2.24, 2.45) is 0 Å². The Morgan fingerprint density at radius 2 is 2.11 bits per heavy atom. The average molecular weight is 315 g/mol. The predicted molar refractivity (Wildman–Crippen MR) is 71.2 cm³/mol. The number of hydrogen-bond acceptors (Lipinski definition) is 4. The Morgan fingerprint density at radius 1 is 1.39 bits per heavy atom. The molecule has 0 aliphatic rings. The molecule has 0 saturated heterocycles. The Hall–Kier alpha value is -1.43. The molecule has 0 aromatic carbocycles. The Labute approximate surface area is 114 Å². The van der Waals surface area contributed by atoms with Crippen molar-refractivity contribution in [1.82, 2.24) is 4.98 Å². The molecular formula is C12H15BrN2O3. The van der Waals surface area contributed by atoms with Crippen LogP contribution in [0, 0.1) is 0 Å². The van der Waals surface area contributed by atoms with Crippen molar-refractivity contribution in [3.63, 3.8) is 0 Å². The molecule has 0 spiro atoms. The molecule has 0 saturated carbocycles. The summed E-state index contributed by atoms with van der Waals surface area (Å²) in [5.74, 6) is 0.0523. The number of methoxy groups -OCH3 is 1. The van der Waals surface area contributed by atoms with Crippen molar-refractivity contribution in [2.45, 2.75) is 19.8 Å². The van der Waals surface area contributed by atoms with Gasteiger partial charge >= 0.3 is 5.97 Å². The fourth-order valence-corrected chi connectivity index (χ4v) is 1.67. The van der Waals surface area contributed by atoms with Crippen LogP contribution < -0.4 is 4.90 Å². The smallest absolute Gasteiger partial charge is 0.306 e. The second-order valence-corrected chi connectivity index (χ2v) is 4.46. The summed E-state index contributed by atoms with van der Waals surface area (Å²) < 4.78 is 5.36. The van der Waals surface area contributed by atoms with Gasteiger partial charge in [0.05, 0.1) is 13.5 Å². The Morgan fingerprint density at radius 3 is 2.61 bits per heavy atom. The normalized spacial score (nSPS) is 9.94. The summed E-state index contributed by atoms with van der Waals surface area (Å²) in [6.45, 7) is 2.37. The van der Waals surface area contributed by atoms with Crippen LogP contribution in [-0.2, 0) is 14.3 Å². The third-order valence-electron chi connectivity index (χ3n) is 2.38. The first kappa shape index (κ1) is 14.6. The zero-order valence-electron chi connectivity index (χ0n) is 10.4. The summed E-state index contributed by atoms with van der Waals surface area (Å²) in [7, 11) is 1.31. The Balaban J connectivity index is 2.68. The van der Waals surface area contributed by atoms with E-state index in [-0.39, 0.29) is 24.7 Å². The fourth-order valence-electron chi connectivity index (χ4n) is 1.44. The predicted octanol–water partition coefficient (Wildman–Crippen LogP) is 2.15. The van der Waals surface area contributed by atoms with Crippen molar-refractivity contribution in [2.75, 3.05) is 18.6 Å². The summed E-state index contributed by atoms with van der Waals surface area (Å²) in [6, 6.07) is 3.57. The third kappa shape index (κ3) is 4.10. The van der Waals surface area contributed by atoms with Gasteiger partial charge in [-0.15, -0.1) is 0 Å². The number of rotatable bonds is 5. The summed E-state index contributed by atoms with van der Waals surface area (Å²) in [6.07, 6.45) is 1.84. The van der Waals surface area contributed by atoms with E-state index in [1.54, 1.807) is 12.3 Å². The van der Waals surface area contributed by atoms with E-state index in [0.29, 0.717) is 12.4 Å². The first-order chi connectivity index (χ1) is 8.58. The van der Waals surface area contributed by atoms with Gasteiger partial charge in [0, 0.05) is 23.6 Å². The van der Waals surface area contributed by atoms with Crippen LogP contribution >= 0.6 is 15.9 Å². The standard InChI is InChI=1S/C12H15BrN2O3/c1-3-15(10-5-4-9(13)8-14-10)11(16)6-7-12(17)18-2/h4-5,8H,3,6-7H2,1-2H3. The first-order valence-electron chi connectivity index (χ1n) is 5.57. The molecule has 0 unspecified atom stereocenters. The number of halogens is 1. The zero-order chi connectivity index (χ0) is 13.5. The molecule has 0 atom stereocenters. The molecular weight excluding hydrogens is 300 g/mol. The molecule has 98 valence electrons. The highest BCUT2D eigenvalue weighted by molar-refractivity contribution is 9.10. The third-order valence-corrected chi connectivity index (χ3v) is 2.85. The van der Waals surface area contributed by atoms with Crippen molar-refractivity contribution in [1.29, 1.82) is 0 Å². The van der Waals surface area contributed by atoms with Gasteiger partial charge in [-0.25, -0.2) is 4.98 Å². The Kier molecular flexibility index (Phi) is 5.77. The average Bonchev–Trinajstić information content (AvgIpc) is 2.39. The van der Waals surface area contributed by atoms with Crippen LogP contribution in [0.2, 0.25) is 0 Å². The van der Waals surface area contributed by atoms with Crippen LogP contribution in [0.15, 0.2) is 22.8 Å². The lowest BCUT2D eigenvalue weighted by Gasteiger charge is -2.19. The molecule has 1 rings (SSSR count). The number of pyridine rings is 1. The van der Waals surface area contributed by atoms with E-state index in [0.717, 1.165) is 4.47 Å². The van der Waals surface area contributed by atoms with Crippen LogP contribution in [0.3, 0.4) is 0 Å². The molecule has 1 aromatic heterocycles. The van der Waals surface area contributed by atoms with Gasteiger partial charge < -0.3 is 4.74 Å². The highest BCUT2D eigenvalue weighted by Gasteiger charge is 2.16. The lowest BCUT2D eigenvalue weighted by Crippen LogP contribution is -2.31. The van der Waals surface area contributed by atoms with Gasteiger partial charge in [0.1, 0.15) is 5.82 Å². The molecule has 0 radical (unpaired) electrons. The van der Waals surface area contributed by atoms with Gasteiger partial charge in [-0.05, 0) is 35.0 Å². The molecule has 0 bridgehead atoms. The van der Waals surface area contributed by atoms with Gasteiger partial charge in [-0.3, -0.25) is 14.5 Å². The Bertz CT molecular complexity index is 420. The van der Waals surface area contributed by atoms with Crippen molar-refractivity contribution in [3.8, 4) is 0 Å². The number of nitrogens with zero attached hydrogens (tertiary/aromatic N) is 2. The molecule has 1 amide bonds. The lowest BCUT2D eigenvalue weighted by atomic mass is 10.2. The van der Waals surface area contributed by atoms with Crippen LogP contribution in [-0.4, -0.2) is 30.5 Å². The number of aromatic nitrogens is 1. The SMILES string of the molecule is CCN(C(=O)CCC(=O)OC)c1ccc(Br)cn1. The molecule has 18 heavy (non-hydrogen) atoms. The number of carbonyl (C=O) groups is 2. The first-order valence-corrected chi connectivity index (χ1v) is 6.36. The quantitative estimate of drug-likeness (QED) is 0.781. The number of hydrogen-bond donors (Lipinski definition) is 0. The zero-order valence-corrected chi connectivity index (χ0v) is 11.9. The molecule has 6 heteroatoms. The number of ether oxygens (including phenoxy) is 1. The molecule has 5 nitrogen and oxygen atoms in total. The fraction of sp³-hybridized carbons (Fsp3) is 0.417. The maximum absolute atomic E-state index is 11.9. The lowest BCUT2D eigenvalue weighted by molar-refractivity contribution is -0.141. The van der Waals surface area contributed by atoms with Crippen molar-refractivity contribution in [3.05, 3.63) is 22.8 Å². The van der Waals surface area contributed by atoms with Crippen molar-refractivity contribution >= 4 is 33.6 Å². The van der Waals surface area contributed by atoms with E-state index in [1.165, 1.54) is 12.0 Å².